The zero-order valence-corrected chi connectivity index (χ0v) is 17.5. The first kappa shape index (κ1) is 20.0. The Kier molecular flexibility index (Phi) is 6.04. The van der Waals surface area contributed by atoms with Crippen molar-refractivity contribution in [3.05, 3.63) is 48.4 Å². The third-order valence-corrected chi connectivity index (χ3v) is 5.27. The molecule has 0 spiro atoms. The van der Waals surface area contributed by atoms with Crippen LogP contribution in [0.15, 0.2) is 47.0 Å². The van der Waals surface area contributed by atoms with Gasteiger partial charge in [0.05, 0.1) is 33.6 Å². The van der Waals surface area contributed by atoms with Gasteiger partial charge in [0.1, 0.15) is 5.75 Å². The molecule has 0 radical (unpaired) electrons. The minimum Gasteiger partial charge on any atom is -0.495 e. The normalized spacial score (nSPS) is 14.6. The Bertz CT molecular complexity index is 983. The van der Waals surface area contributed by atoms with Gasteiger partial charge < -0.3 is 23.6 Å². The molecule has 1 aromatic heterocycles. The minimum absolute atomic E-state index is 0.540. The van der Waals surface area contributed by atoms with E-state index < -0.39 is 0 Å². The van der Waals surface area contributed by atoms with Gasteiger partial charge in [-0.05, 0) is 30.3 Å². The highest BCUT2D eigenvalue weighted by Gasteiger charge is 2.21. The van der Waals surface area contributed by atoms with Crippen molar-refractivity contribution in [3.63, 3.8) is 0 Å². The standard InChI is InChI=1S/C22H26N4O4/c1-27-18-7-5-4-6-17(18)26-12-10-25(11-13-26)15-21-23-22(24-30-21)16-8-9-19(28-2)20(14-16)29-3/h4-9,14H,10-13,15H2,1-3H3. The van der Waals surface area contributed by atoms with Crippen LogP contribution in [0.25, 0.3) is 11.4 Å². The number of rotatable bonds is 7. The average Bonchev–Trinajstić information content (AvgIpc) is 3.27. The number of hydrogen-bond donors (Lipinski definition) is 0. The first-order valence-electron chi connectivity index (χ1n) is 9.87. The molecule has 0 atom stereocenters. The van der Waals surface area contributed by atoms with Crippen LogP contribution in [0.4, 0.5) is 5.69 Å². The second-order valence-electron chi connectivity index (χ2n) is 7.02. The Morgan fingerprint density at radius 1 is 0.867 bits per heavy atom. The maximum atomic E-state index is 5.49. The fourth-order valence-corrected chi connectivity index (χ4v) is 3.64. The zero-order valence-electron chi connectivity index (χ0n) is 17.5. The van der Waals surface area contributed by atoms with Crippen molar-refractivity contribution in [1.82, 2.24) is 15.0 Å². The number of para-hydroxylation sites is 2. The van der Waals surface area contributed by atoms with Crippen LogP contribution < -0.4 is 19.1 Å². The van der Waals surface area contributed by atoms with E-state index in [1.165, 1.54) is 0 Å². The quantitative estimate of drug-likeness (QED) is 0.588. The van der Waals surface area contributed by atoms with E-state index in [4.69, 9.17) is 18.7 Å². The van der Waals surface area contributed by atoms with Crippen LogP contribution in [0, 0.1) is 0 Å². The lowest BCUT2D eigenvalue weighted by Gasteiger charge is -2.35. The van der Waals surface area contributed by atoms with E-state index >= 15 is 0 Å². The molecule has 0 bridgehead atoms. The van der Waals surface area contributed by atoms with Gasteiger partial charge >= 0.3 is 0 Å². The highest BCUT2D eigenvalue weighted by atomic mass is 16.5. The SMILES string of the molecule is COc1ccc(-c2noc(CN3CCN(c4ccccc4OC)CC3)n2)cc1OC. The van der Waals surface area contributed by atoms with Gasteiger partial charge in [-0.15, -0.1) is 0 Å². The fraction of sp³-hybridized carbons (Fsp3) is 0.364. The smallest absolute Gasteiger partial charge is 0.241 e. The molecule has 1 aliphatic rings. The predicted octanol–water partition coefficient (Wildman–Crippen LogP) is 3.08. The van der Waals surface area contributed by atoms with Gasteiger partial charge in [0.25, 0.3) is 0 Å². The van der Waals surface area contributed by atoms with Crippen LogP contribution in [-0.4, -0.2) is 62.5 Å². The van der Waals surface area contributed by atoms with Crippen LogP contribution in [0.5, 0.6) is 17.2 Å². The third-order valence-electron chi connectivity index (χ3n) is 5.27. The highest BCUT2D eigenvalue weighted by Crippen LogP contribution is 2.31. The third kappa shape index (κ3) is 4.18. The summed E-state index contributed by atoms with van der Waals surface area (Å²) in [6.45, 7) is 4.27. The minimum atomic E-state index is 0.540. The van der Waals surface area contributed by atoms with Crippen molar-refractivity contribution >= 4 is 5.69 Å². The average molecular weight is 410 g/mol. The lowest BCUT2D eigenvalue weighted by atomic mass is 10.2. The zero-order chi connectivity index (χ0) is 20.9. The molecule has 2 heterocycles. The summed E-state index contributed by atoms with van der Waals surface area (Å²) in [5.41, 5.74) is 1.96. The lowest BCUT2D eigenvalue weighted by molar-refractivity contribution is 0.215. The second kappa shape index (κ2) is 9.04. The molecule has 8 heteroatoms. The Morgan fingerprint density at radius 2 is 1.60 bits per heavy atom. The van der Waals surface area contributed by atoms with Crippen molar-refractivity contribution in [2.75, 3.05) is 52.4 Å². The van der Waals surface area contributed by atoms with Gasteiger partial charge in [0.2, 0.25) is 11.7 Å². The Hall–Kier alpha value is -3.26. The van der Waals surface area contributed by atoms with Gasteiger partial charge in [-0.1, -0.05) is 17.3 Å². The summed E-state index contributed by atoms with van der Waals surface area (Å²) in [6.07, 6.45) is 0. The van der Waals surface area contributed by atoms with E-state index in [1.54, 1.807) is 21.3 Å². The van der Waals surface area contributed by atoms with Gasteiger partial charge in [0, 0.05) is 31.7 Å². The van der Waals surface area contributed by atoms with Crippen molar-refractivity contribution in [2.24, 2.45) is 0 Å². The molecule has 0 amide bonds. The Labute approximate surface area is 176 Å². The number of nitrogens with zero attached hydrogens (tertiary/aromatic N) is 4. The fourth-order valence-electron chi connectivity index (χ4n) is 3.64. The first-order chi connectivity index (χ1) is 14.7. The second-order valence-corrected chi connectivity index (χ2v) is 7.02. The maximum Gasteiger partial charge on any atom is 0.241 e. The molecule has 3 aromatic rings. The number of ether oxygens (including phenoxy) is 3. The van der Waals surface area contributed by atoms with Crippen molar-refractivity contribution < 1.29 is 18.7 Å². The summed E-state index contributed by atoms with van der Waals surface area (Å²) in [5.74, 6) is 3.35. The number of piperazine rings is 1. The highest BCUT2D eigenvalue weighted by molar-refractivity contribution is 5.61. The maximum absolute atomic E-state index is 5.49. The molecule has 158 valence electrons. The largest absolute Gasteiger partial charge is 0.495 e. The molecule has 0 aliphatic carbocycles. The molecular formula is C22H26N4O4. The number of hydrogen-bond acceptors (Lipinski definition) is 8. The van der Waals surface area contributed by atoms with Crippen LogP contribution in [0.2, 0.25) is 0 Å². The monoisotopic (exact) mass is 410 g/mol. The molecule has 1 saturated heterocycles. The van der Waals surface area contributed by atoms with E-state index in [1.807, 2.05) is 36.4 Å². The van der Waals surface area contributed by atoms with Crippen LogP contribution in [-0.2, 0) is 6.54 Å². The molecule has 1 fully saturated rings. The first-order valence-corrected chi connectivity index (χ1v) is 9.87. The molecule has 0 unspecified atom stereocenters. The molecule has 30 heavy (non-hydrogen) atoms. The van der Waals surface area contributed by atoms with Gasteiger partial charge in [-0.3, -0.25) is 4.90 Å². The van der Waals surface area contributed by atoms with E-state index in [2.05, 4.69) is 26.0 Å². The number of benzene rings is 2. The lowest BCUT2D eigenvalue weighted by Crippen LogP contribution is -2.46. The van der Waals surface area contributed by atoms with Crippen LogP contribution in [0.3, 0.4) is 0 Å². The Balaban J connectivity index is 1.38. The van der Waals surface area contributed by atoms with E-state index in [0.717, 1.165) is 43.2 Å². The van der Waals surface area contributed by atoms with Crippen molar-refractivity contribution in [2.45, 2.75) is 6.54 Å². The molecule has 1 aliphatic heterocycles. The summed E-state index contributed by atoms with van der Waals surface area (Å²) in [5, 5.41) is 4.13. The van der Waals surface area contributed by atoms with Crippen LogP contribution in [0.1, 0.15) is 5.89 Å². The molecule has 0 N–H and O–H groups in total. The molecule has 8 nitrogen and oxygen atoms in total. The summed E-state index contributed by atoms with van der Waals surface area (Å²) in [4.78, 5) is 9.22. The Morgan fingerprint density at radius 3 is 2.33 bits per heavy atom. The van der Waals surface area contributed by atoms with Gasteiger partial charge in [0.15, 0.2) is 11.5 Å². The summed E-state index contributed by atoms with van der Waals surface area (Å²) < 4.78 is 21.6. The molecule has 4 rings (SSSR count). The topological polar surface area (TPSA) is 73.1 Å². The number of anilines is 1. The summed E-state index contributed by atoms with van der Waals surface area (Å²) in [7, 11) is 4.92. The predicted molar refractivity (Wildman–Crippen MR) is 113 cm³/mol. The van der Waals surface area contributed by atoms with E-state index in [0.29, 0.717) is 29.8 Å². The molecular weight excluding hydrogens is 384 g/mol. The van der Waals surface area contributed by atoms with Crippen molar-refractivity contribution in [1.29, 1.82) is 0 Å². The van der Waals surface area contributed by atoms with Crippen LogP contribution >= 0.6 is 0 Å². The number of aromatic nitrogens is 2. The summed E-state index contributed by atoms with van der Waals surface area (Å²) >= 11 is 0. The van der Waals surface area contributed by atoms with E-state index in [-0.39, 0.29) is 0 Å². The number of methoxy groups -OCH3 is 3. The molecule has 2 aromatic carbocycles. The summed E-state index contributed by atoms with van der Waals surface area (Å²) in [6, 6.07) is 13.7. The van der Waals surface area contributed by atoms with Gasteiger partial charge in [-0.2, -0.15) is 4.98 Å². The van der Waals surface area contributed by atoms with E-state index in [9.17, 15) is 0 Å². The van der Waals surface area contributed by atoms with Crippen molar-refractivity contribution in [3.8, 4) is 28.6 Å². The molecule has 0 saturated carbocycles. The van der Waals surface area contributed by atoms with Gasteiger partial charge in [-0.25, -0.2) is 0 Å².